The van der Waals surface area contributed by atoms with Crippen molar-refractivity contribution in [2.24, 2.45) is 10.2 Å². The number of ether oxygens (including phenoxy) is 2. The Morgan fingerprint density at radius 3 is 2.08 bits per heavy atom. The lowest BCUT2D eigenvalue weighted by molar-refractivity contribution is -0.140. The molecule has 2 aromatic carbocycles. The lowest BCUT2D eigenvalue weighted by atomic mass is 10.0. The fourth-order valence-corrected chi connectivity index (χ4v) is 3.67. The molecule has 1 N–H and O–H groups in total. The molecule has 0 saturated heterocycles. The zero-order valence-corrected chi connectivity index (χ0v) is 21.1. The van der Waals surface area contributed by atoms with Crippen LogP contribution in [-0.4, -0.2) is 68.4 Å². The normalized spacial score (nSPS) is 12.2. The number of methoxy groups -OCH3 is 2. The first-order valence-electron chi connectivity index (χ1n) is 11.3. The summed E-state index contributed by atoms with van der Waals surface area (Å²) in [5.41, 5.74) is 1.08. The maximum atomic E-state index is 12.6. The lowest BCUT2D eigenvalue weighted by Crippen LogP contribution is -2.35. The molecule has 0 bridgehead atoms. The third kappa shape index (κ3) is 5.81. The number of fused-ring (bicyclic) bond motifs is 1. The van der Waals surface area contributed by atoms with Crippen LogP contribution in [0.3, 0.4) is 0 Å². The van der Waals surface area contributed by atoms with Crippen molar-refractivity contribution in [3.63, 3.8) is 0 Å². The molecule has 0 aliphatic carbocycles. The third-order valence-corrected chi connectivity index (χ3v) is 5.54. The maximum absolute atomic E-state index is 12.6. The molecule has 196 valence electrons. The highest BCUT2D eigenvalue weighted by atomic mass is 16.5. The van der Waals surface area contributed by atoms with E-state index in [-0.39, 0.29) is 53.4 Å². The summed E-state index contributed by atoms with van der Waals surface area (Å²) in [5.74, 6) is -2.61. The molecule has 3 amide bonds. The second kappa shape index (κ2) is 11.7. The minimum absolute atomic E-state index is 0.0339. The van der Waals surface area contributed by atoms with E-state index in [1.807, 2.05) is 6.07 Å². The summed E-state index contributed by atoms with van der Waals surface area (Å²) in [6.45, 7) is 2.59. The van der Waals surface area contributed by atoms with Gasteiger partial charge in [-0.25, -0.2) is 0 Å². The molecular formula is C25H24N6O7. The number of azo groups is 1. The minimum Gasteiger partial charge on any atom is -0.468 e. The molecule has 13 nitrogen and oxygen atoms in total. The van der Waals surface area contributed by atoms with Crippen LogP contribution < -0.4 is 10.2 Å². The second-order valence-corrected chi connectivity index (χ2v) is 7.97. The van der Waals surface area contributed by atoms with Gasteiger partial charge in [-0.05, 0) is 37.3 Å². The number of amides is 3. The van der Waals surface area contributed by atoms with Gasteiger partial charge in [-0.2, -0.15) is 5.26 Å². The molecule has 1 aliphatic heterocycles. The third-order valence-electron chi connectivity index (χ3n) is 5.54. The van der Waals surface area contributed by atoms with Crippen molar-refractivity contribution in [3.05, 3.63) is 47.0 Å². The van der Waals surface area contributed by atoms with Crippen LogP contribution in [0.1, 0.15) is 40.1 Å². The van der Waals surface area contributed by atoms with Gasteiger partial charge in [0.15, 0.2) is 0 Å². The number of anilines is 2. The molecule has 1 aliphatic rings. The Morgan fingerprint density at radius 2 is 1.55 bits per heavy atom. The summed E-state index contributed by atoms with van der Waals surface area (Å²) in [4.78, 5) is 63.1. The number of hydrogen-bond acceptors (Lipinski definition) is 11. The molecular weight excluding hydrogens is 496 g/mol. The molecule has 3 rings (SSSR count). The van der Waals surface area contributed by atoms with Gasteiger partial charge in [0.1, 0.15) is 30.5 Å². The van der Waals surface area contributed by atoms with Crippen LogP contribution in [0, 0.1) is 11.3 Å². The monoisotopic (exact) mass is 520 g/mol. The number of nitrogens with zero attached hydrogens (tertiary/aromatic N) is 5. The summed E-state index contributed by atoms with van der Waals surface area (Å²) >= 11 is 0. The van der Waals surface area contributed by atoms with E-state index in [0.29, 0.717) is 5.69 Å². The van der Waals surface area contributed by atoms with E-state index in [1.165, 1.54) is 50.3 Å². The van der Waals surface area contributed by atoms with E-state index >= 15 is 0 Å². The molecule has 0 aromatic heterocycles. The average Bonchev–Trinajstić information content (AvgIpc) is 3.14. The highest BCUT2D eigenvalue weighted by Crippen LogP contribution is 2.34. The van der Waals surface area contributed by atoms with Crippen LogP contribution in [0.25, 0.3) is 0 Å². The number of nitriles is 1. The summed E-state index contributed by atoms with van der Waals surface area (Å²) in [5, 5.41) is 20.4. The number of carbonyl (C=O) groups is 5. The van der Waals surface area contributed by atoms with Gasteiger partial charge in [0.05, 0.1) is 36.6 Å². The van der Waals surface area contributed by atoms with E-state index in [2.05, 4.69) is 15.5 Å². The first kappa shape index (κ1) is 27.5. The van der Waals surface area contributed by atoms with Crippen LogP contribution >= 0.6 is 0 Å². The number of esters is 2. The van der Waals surface area contributed by atoms with Gasteiger partial charge in [0, 0.05) is 19.2 Å². The van der Waals surface area contributed by atoms with Crippen LogP contribution in [-0.2, 0) is 23.9 Å². The first-order chi connectivity index (χ1) is 18.1. The molecule has 1 heterocycles. The summed E-state index contributed by atoms with van der Waals surface area (Å²) in [6.07, 6.45) is 0. The van der Waals surface area contributed by atoms with E-state index in [0.717, 1.165) is 4.90 Å². The van der Waals surface area contributed by atoms with Crippen LogP contribution in [0.4, 0.5) is 22.7 Å². The van der Waals surface area contributed by atoms with Gasteiger partial charge < -0.3 is 19.7 Å². The van der Waals surface area contributed by atoms with Gasteiger partial charge in [0.25, 0.3) is 11.8 Å². The van der Waals surface area contributed by atoms with Crippen molar-refractivity contribution in [2.45, 2.75) is 13.8 Å². The zero-order valence-electron chi connectivity index (χ0n) is 21.1. The summed E-state index contributed by atoms with van der Waals surface area (Å²) < 4.78 is 9.39. The van der Waals surface area contributed by atoms with Gasteiger partial charge in [-0.1, -0.05) is 0 Å². The summed E-state index contributed by atoms with van der Waals surface area (Å²) in [6, 6.07) is 9.09. The standard InChI is InChI=1S/C25H24N6O7/c1-5-31-24(35)17-8-15(11-26)20(10-18(17)25(31)36)29-28-19-7-6-16(9-21(19)27-14(2)32)30(12-22(33)37-3)13-23(34)38-4/h6-10H,5,12-13H2,1-4H3,(H,27,32). The van der Waals surface area contributed by atoms with Crippen molar-refractivity contribution in [3.8, 4) is 6.07 Å². The Morgan fingerprint density at radius 1 is 0.974 bits per heavy atom. The van der Waals surface area contributed by atoms with E-state index < -0.39 is 29.7 Å². The molecule has 13 heteroatoms. The topological polar surface area (TPSA) is 171 Å². The second-order valence-electron chi connectivity index (χ2n) is 7.97. The SMILES string of the molecule is CCN1C(=O)c2cc(C#N)c(N=Nc3ccc(N(CC(=O)OC)CC(=O)OC)cc3NC(C)=O)cc2C1=O. The van der Waals surface area contributed by atoms with Gasteiger partial charge in [-0.15, -0.1) is 10.2 Å². The first-order valence-corrected chi connectivity index (χ1v) is 11.3. The highest BCUT2D eigenvalue weighted by Gasteiger charge is 2.35. The summed E-state index contributed by atoms with van der Waals surface area (Å²) in [7, 11) is 2.42. The molecule has 0 spiro atoms. The molecule has 0 saturated carbocycles. The lowest BCUT2D eigenvalue weighted by Gasteiger charge is -2.23. The van der Waals surface area contributed by atoms with Crippen molar-refractivity contribution in [2.75, 3.05) is 44.1 Å². The van der Waals surface area contributed by atoms with Gasteiger partial charge >= 0.3 is 11.9 Å². The molecule has 2 aromatic rings. The molecule has 0 atom stereocenters. The predicted molar refractivity (Wildman–Crippen MR) is 133 cm³/mol. The Balaban J connectivity index is 2.02. The number of benzene rings is 2. The Hall–Kier alpha value is -5.12. The highest BCUT2D eigenvalue weighted by molar-refractivity contribution is 6.22. The fourth-order valence-electron chi connectivity index (χ4n) is 3.67. The fraction of sp³-hybridized carbons (Fsp3) is 0.280. The molecule has 0 fully saturated rings. The predicted octanol–water partition coefficient (Wildman–Crippen LogP) is 2.70. The smallest absolute Gasteiger partial charge is 0.325 e. The quantitative estimate of drug-likeness (QED) is 0.296. The van der Waals surface area contributed by atoms with Crippen molar-refractivity contribution < 1.29 is 33.4 Å². The zero-order chi connectivity index (χ0) is 28.0. The number of carbonyl (C=O) groups excluding carboxylic acids is 5. The molecule has 38 heavy (non-hydrogen) atoms. The van der Waals surface area contributed by atoms with Crippen molar-refractivity contribution in [1.82, 2.24) is 4.90 Å². The largest absolute Gasteiger partial charge is 0.468 e. The Bertz CT molecular complexity index is 1380. The number of hydrogen-bond donors (Lipinski definition) is 1. The van der Waals surface area contributed by atoms with E-state index in [1.54, 1.807) is 13.0 Å². The van der Waals surface area contributed by atoms with E-state index in [9.17, 15) is 29.2 Å². The van der Waals surface area contributed by atoms with Crippen LogP contribution in [0.15, 0.2) is 40.6 Å². The average molecular weight is 521 g/mol. The number of rotatable bonds is 9. The van der Waals surface area contributed by atoms with Crippen molar-refractivity contribution in [1.29, 1.82) is 5.26 Å². The van der Waals surface area contributed by atoms with Crippen LogP contribution in [0.2, 0.25) is 0 Å². The number of nitrogens with one attached hydrogen (secondary N) is 1. The number of imide groups is 1. The molecule has 0 radical (unpaired) electrons. The van der Waals surface area contributed by atoms with Crippen molar-refractivity contribution >= 4 is 52.4 Å². The van der Waals surface area contributed by atoms with Gasteiger partial charge in [0.2, 0.25) is 5.91 Å². The van der Waals surface area contributed by atoms with E-state index in [4.69, 9.17) is 9.47 Å². The van der Waals surface area contributed by atoms with Gasteiger partial charge in [-0.3, -0.25) is 28.9 Å². The van der Waals surface area contributed by atoms with Crippen LogP contribution in [0.5, 0.6) is 0 Å². The minimum atomic E-state index is -0.603. The Kier molecular flexibility index (Phi) is 8.49. The maximum Gasteiger partial charge on any atom is 0.325 e. The Labute approximate surface area is 217 Å². The molecule has 0 unspecified atom stereocenters.